The van der Waals surface area contributed by atoms with Crippen molar-refractivity contribution in [3.05, 3.63) is 35.4 Å². The van der Waals surface area contributed by atoms with Crippen LogP contribution in [0.2, 0.25) is 0 Å². The maximum atomic E-state index is 11.4. The number of amides is 1. The molecule has 1 aromatic carbocycles. The minimum absolute atomic E-state index is 0.207. The quantitative estimate of drug-likeness (QED) is 0.690. The lowest BCUT2D eigenvalue weighted by Gasteiger charge is -2.08. The fourth-order valence-corrected chi connectivity index (χ4v) is 1.38. The minimum atomic E-state index is -1.17. The number of carbonyl (C=O) groups excluding carboxylic acids is 1. The van der Waals surface area contributed by atoms with Crippen LogP contribution in [0, 0.1) is 6.92 Å². The van der Waals surface area contributed by atoms with Crippen LogP contribution in [-0.2, 0) is 16.1 Å². The van der Waals surface area contributed by atoms with Crippen molar-refractivity contribution >= 4 is 11.9 Å². The van der Waals surface area contributed by atoms with Crippen LogP contribution < -0.4 is 11.1 Å². The van der Waals surface area contributed by atoms with E-state index in [-0.39, 0.29) is 12.3 Å². The second kappa shape index (κ2) is 6.00. The van der Waals surface area contributed by atoms with Crippen LogP contribution in [0.3, 0.4) is 0 Å². The highest BCUT2D eigenvalue weighted by Gasteiger charge is 2.15. The number of carboxylic acid groups (broad SMARTS) is 1. The zero-order chi connectivity index (χ0) is 12.8. The lowest BCUT2D eigenvalue weighted by molar-refractivity contribution is -0.140. The average Bonchev–Trinajstić information content (AvgIpc) is 2.26. The molecule has 0 aliphatic heterocycles. The molecule has 0 aliphatic carbocycles. The molecule has 0 aliphatic rings. The van der Waals surface area contributed by atoms with Crippen molar-refractivity contribution in [2.45, 2.75) is 25.9 Å². The summed E-state index contributed by atoms with van der Waals surface area (Å²) in [6.07, 6.45) is -0.207. The van der Waals surface area contributed by atoms with Crippen molar-refractivity contribution in [2.24, 2.45) is 5.73 Å². The summed E-state index contributed by atoms with van der Waals surface area (Å²) in [6.45, 7) is 2.35. The first-order valence-electron chi connectivity index (χ1n) is 5.29. The highest BCUT2D eigenvalue weighted by Crippen LogP contribution is 2.03. The van der Waals surface area contributed by atoms with Gasteiger partial charge in [-0.05, 0) is 12.5 Å². The molecule has 0 spiro atoms. The number of nitrogens with two attached hydrogens (primary N) is 1. The summed E-state index contributed by atoms with van der Waals surface area (Å²) in [7, 11) is 0. The summed E-state index contributed by atoms with van der Waals surface area (Å²) < 4.78 is 0. The minimum Gasteiger partial charge on any atom is -0.480 e. The summed E-state index contributed by atoms with van der Waals surface area (Å²) >= 11 is 0. The molecule has 1 amide bonds. The van der Waals surface area contributed by atoms with E-state index in [2.05, 4.69) is 5.32 Å². The van der Waals surface area contributed by atoms with Crippen molar-refractivity contribution in [1.29, 1.82) is 0 Å². The molecule has 0 radical (unpaired) electrons. The number of hydrogen-bond donors (Lipinski definition) is 3. The van der Waals surface area contributed by atoms with Crippen LogP contribution >= 0.6 is 0 Å². The van der Waals surface area contributed by atoms with Gasteiger partial charge in [0.05, 0.1) is 6.42 Å². The van der Waals surface area contributed by atoms with Gasteiger partial charge < -0.3 is 16.2 Å². The lowest BCUT2D eigenvalue weighted by Crippen LogP contribution is -2.36. The van der Waals surface area contributed by atoms with E-state index in [0.717, 1.165) is 11.1 Å². The Morgan fingerprint density at radius 3 is 2.76 bits per heavy atom. The van der Waals surface area contributed by atoms with Crippen molar-refractivity contribution in [2.75, 3.05) is 0 Å². The molecule has 0 heterocycles. The van der Waals surface area contributed by atoms with Crippen LogP contribution in [0.15, 0.2) is 24.3 Å². The summed E-state index contributed by atoms with van der Waals surface area (Å²) in [5.41, 5.74) is 7.33. The van der Waals surface area contributed by atoms with Gasteiger partial charge in [-0.3, -0.25) is 9.59 Å². The standard InChI is InChI=1S/C12H16N2O3/c1-8-3-2-4-9(5-8)7-14-11(15)6-10(13)12(16)17/h2-5,10H,6-7,13H2,1H3,(H,14,15)(H,16,17). The number of aryl methyl sites for hydroxylation is 1. The van der Waals surface area contributed by atoms with E-state index in [1.807, 2.05) is 31.2 Å². The third-order valence-electron chi connectivity index (χ3n) is 2.29. The van der Waals surface area contributed by atoms with E-state index >= 15 is 0 Å². The zero-order valence-corrected chi connectivity index (χ0v) is 9.64. The number of carboxylic acids is 1. The summed E-state index contributed by atoms with van der Waals surface area (Å²) in [5, 5.41) is 11.2. The molecule has 0 aromatic heterocycles. The van der Waals surface area contributed by atoms with E-state index in [0.29, 0.717) is 6.54 Å². The summed E-state index contributed by atoms with van der Waals surface area (Å²) in [5.74, 6) is -1.53. The molecule has 1 atom stereocenters. The van der Waals surface area contributed by atoms with E-state index < -0.39 is 12.0 Å². The normalized spacial score (nSPS) is 11.9. The summed E-state index contributed by atoms with van der Waals surface area (Å²) in [6, 6.07) is 6.57. The Kier molecular flexibility index (Phi) is 4.66. The van der Waals surface area contributed by atoms with Crippen LogP contribution in [0.1, 0.15) is 17.5 Å². The predicted molar refractivity (Wildman–Crippen MR) is 63.3 cm³/mol. The van der Waals surface area contributed by atoms with Gasteiger partial charge in [0, 0.05) is 6.54 Å². The molecule has 0 bridgehead atoms. The Labute approximate surface area is 99.6 Å². The molecule has 1 rings (SSSR count). The molecule has 92 valence electrons. The van der Waals surface area contributed by atoms with E-state index in [4.69, 9.17) is 10.8 Å². The number of benzene rings is 1. The molecule has 5 heteroatoms. The lowest BCUT2D eigenvalue weighted by atomic mass is 10.1. The van der Waals surface area contributed by atoms with Gasteiger partial charge in [0.15, 0.2) is 0 Å². The van der Waals surface area contributed by atoms with Gasteiger partial charge in [0.1, 0.15) is 6.04 Å². The van der Waals surface area contributed by atoms with Gasteiger partial charge in [-0.25, -0.2) is 0 Å². The number of hydrogen-bond acceptors (Lipinski definition) is 3. The fraction of sp³-hybridized carbons (Fsp3) is 0.333. The maximum absolute atomic E-state index is 11.4. The average molecular weight is 236 g/mol. The van der Waals surface area contributed by atoms with Crippen LogP contribution in [0.4, 0.5) is 0 Å². The Bertz CT molecular complexity index is 418. The molecule has 1 unspecified atom stereocenters. The topological polar surface area (TPSA) is 92.4 Å². The smallest absolute Gasteiger partial charge is 0.321 e. The number of aliphatic carboxylic acids is 1. The highest BCUT2D eigenvalue weighted by molar-refractivity contribution is 5.84. The number of rotatable bonds is 5. The first kappa shape index (κ1) is 13.2. The molecular formula is C12H16N2O3. The first-order valence-corrected chi connectivity index (χ1v) is 5.29. The fourth-order valence-electron chi connectivity index (χ4n) is 1.38. The van der Waals surface area contributed by atoms with E-state index in [9.17, 15) is 9.59 Å². The second-order valence-corrected chi connectivity index (χ2v) is 3.91. The summed E-state index contributed by atoms with van der Waals surface area (Å²) in [4.78, 5) is 21.8. The predicted octanol–water partition coefficient (Wildman–Crippen LogP) is 0.413. The number of nitrogens with one attached hydrogen (secondary N) is 1. The Hall–Kier alpha value is -1.88. The van der Waals surface area contributed by atoms with E-state index in [1.165, 1.54) is 0 Å². The maximum Gasteiger partial charge on any atom is 0.321 e. The Balaban J connectivity index is 2.41. The van der Waals surface area contributed by atoms with Gasteiger partial charge in [-0.1, -0.05) is 29.8 Å². The second-order valence-electron chi connectivity index (χ2n) is 3.91. The van der Waals surface area contributed by atoms with Gasteiger partial charge in [-0.15, -0.1) is 0 Å². The number of carbonyl (C=O) groups is 2. The molecule has 1 aromatic rings. The molecule has 17 heavy (non-hydrogen) atoms. The van der Waals surface area contributed by atoms with Crippen LogP contribution in [0.25, 0.3) is 0 Å². The van der Waals surface area contributed by atoms with Gasteiger partial charge in [0.2, 0.25) is 5.91 Å². The Morgan fingerprint density at radius 2 is 2.18 bits per heavy atom. The Morgan fingerprint density at radius 1 is 1.47 bits per heavy atom. The van der Waals surface area contributed by atoms with Crippen molar-refractivity contribution in [1.82, 2.24) is 5.32 Å². The van der Waals surface area contributed by atoms with Gasteiger partial charge in [0.25, 0.3) is 0 Å². The third kappa shape index (κ3) is 4.65. The molecular weight excluding hydrogens is 220 g/mol. The zero-order valence-electron chi connectivity index (χ0n) is 9.64. The van der Waals surface area contributed by atoms with Crippen molar-refractivity contribution < 1.29 is 14.7 Å². The highest BCUT2D eigenvalue weighted by atomic mass is 16.4. The molecule has 4 N–H and O–H groups in total. The molecule has 0 saturated heterocycles. The van der Waals surface area contributed by atoms with Gasteiger partial charge in [-0.2, -0.15) is 0 Å². The largest absolute Gasteiger partial charge is 0.480 e. The SMILES string of the molecule is Cc1cccc(CNC(=O)CC(N)C(=O)O)c1. The van der Waals surface area contributed by atoms with Crippen LogP contribution in [0.5, 0.6) is 0 Å². The van der Waals surface area contributed by atoms with Gasteiger partial charge >= 0.3 is 5.97 Å². The molecule has 5 nitrogen and oxygen atoms in total. The third-order valence-corrected chi connectivity index (χ3v) is 2.29. The molecule has 0 saturated carbocycles. The van der Waals surface area contributed by atoms with Crippen molar-refractivity contribution in [3.63, 3.8) is 0 Å². The first-order chi connectivity index (χ1) is 7.99. The monoisotopic (exact) mass is 236 g/mol. The van der Waals surface area contributed by atoms with E-state index in [1.54, 1.807) is 0 Å². The van der Waals surface area contributed by atoms with Crippen LogP contribution in [-0.4, -0.2) is 23.0 Å². The molecule has 0 fully saturated rings. The van der Waals surface area contributed by atoms with Crippen molar-refractivity contribution in [3.8, 4) is 0 Å².